The first-order valence-electron chi connectivity index (χ1n) is 5.72. The second kappa shape index (κ2) is 5.94. The fraction of sp³-hybridized carbons (Fsp3) is 0.538. The molecule has 0 fully saturated rings. The SMILES string of the molecule is CC(C)(C)CC(Cc1cc(F)ccc1Br)NN. The Bertz CT molecular complexity index is 374. The summed E-state index contributed by atoms with van der Waals surface area (Å²) < 4.78 is 14.1. The van der Waals surface area contributed by atoms with E-state index in [-0.39, 0.29) is 17.3 Å². The van der Waals surface area contributed by atoms with Crippen molar-refractivity contribution >= 4 is 15.9 Å². The molecule has 1 aromatic rings. The number of hydrazine groups is 1. The maximum atomic E-state index is 13.2. The lowest BCUT2D eigenvalue weighted by Gasteiger charge is -2.25. The van der Waals surface area contributed by atoms with E-state index in [1.807, 2.05) is 0 Å². The molecule has 0 aliphatic rings. The summed E-state index contributed by atoms with van der Waals surface area (Å²) in [6, 6.07) is 4.88. The Labute approximate surface area is 111 Å². The quantitative estimate of drug-likeness (QED) is 0.661. The smallest absolute Gasteiger partial charge is 0.123 e. The number of hydrogen-bond donors (Lipinski definition) is 2. The van der Waals surface area contributed by atoms with E-state index in [1.54, 1.807) is 12.1 Å². The van der Waals surface area contributed by atoms with Crippen molar-refractivity contribution in [2.75, 3.05) is 0 Å². The summed E-state index contributed by atoms with van der Waals surface area (Å²) >= 11 is 3.43. The van der Waals surface area contributed by atoms with Crippen LogP contribution in [0, 0.1) is 11.2 Å². The Morgan fingerprint density at radius 3 is 2.59 bits per heavy atom. The summed E-state index contributed by atoms with van der Waals surface area (Å²) in [5, 5.41) is 0. The van der Waals surface area contributed by atoms with Gasteiger partial charge in [0.2, 0.25) is 0 Å². The highest BCUT2D eigenvalue weighted by Gasteiger charge is 2.19. The molecule has 0 saturated carbocycles. The van der Waals surface area contributed by atoms with Gasteiger partial charge in [0, 0.05) is 10.5 Å². The van der Waals surface area contributed by atoms with Crippen molar-refractivity contribution in [2.45, 2.75) is 39.7 Å². The molecule has 1 atom stereocenters. The largest absolute Gasteiger partial charge is 0.271 e. The van der Waals surface area contributed by atoms with E-state index in [0.29, 0.717) is 6.42 Å². The van der Waals surface area contributed by atoms with Crippen molar-refractivity contribution < 1.29 is 4.39 Å². The van der Waals surface area contributed by atoms with Gasteiger partial charge in [0.25, 0.3) is 0 Å². The highest BCUT2D eigenvalue weighted by molar-refractivity contribution is 9.10. The highest BCUT2D eigenvalue weighted by Crippen LogP contribution is 2.25. The van der Waals surface area contributed by atoms with E-state index in [9.17, 15) is 4.39 Å². The lowest BCUT2D eigenvalue weighted by atomic mass is 9.86. The molecule has 3 N–H and O–H groups in total. The molecule has 1 rings (SSSR count). The van der Waals surface area contributed by atoms with Gasteiger partial charge in [-0.15, -0.1) is 0 Å². The van der Waals surface area contributed by atoms with Crippen molar-refractivity contribution in [1.29, 1.82) is 0 Å². The van der Waals surface area contributed by atoms with Crippen LogP contribution in [0.3, 0.4) is 0 Å². The number of nitrogens with two attached hydrogens (primary N) is 1. The molecular formula is C13H20BrFN2. The Morgan fingerprint density at radius 2 is 2.06 bits per heavy atom. The second-order valence-corrected chi connectivity index (χ2v) is 6.42. The van der Waals surface area contributed by atoms with Crippen LogP contribution in [0.25, 0.3) is 0 Å². The van der Waals surface area contributed by atoms with Crippen LogP contribution in [0.1, 0.15) is 32.8 Å². The summed E-state index contributed by atoms with van der Waals surface area (Å²) in [5.74, 6) is 5.34. The summed E-state index contributed by atoms with van der Waals surface area (Å²) in [6.45, 7) is 6.49. The molecule has 2 nitrogen and oxygen atoms in total. The van der Waals surface area contributed by atoms with Crippen LogP contribution in [-0.4, -0.2) is 6.04 Å². The predicted octanol–water partition coefficient (Wildman–Crippen LogP) is 3.40. The monoisotopic (exact) mass is 302 g/mol. The lowest BCUT2D eigenvalue weighted by Crippen LogP contribution is -2.39. The molecule has 0 aliphatic carbocycles. The van der Waals surface area contributed by atoms with Gasteiger partial charge in [0.05, 0.1) is 0 Å². The highest BCUT2D eigenvalue weighted by atomic mass is 79.9. The van der Waals surface area contributed by atoms with Crippen LogP contribution in [0.5, 0.6) is 0 Å². The van der Waals surface area contributed by atoms with Crippen molar-refractivity contribution in [3.8, 4) is 0 Å². The van der Waals surface area contributed by atoms with Gasteiger partial charge in [-0.3, -0.25) is 11.3 Å². The zero-order valence-corrected chi connectivity index (χ0v) is 12.1. The maximum absolute atomic E-state index is 13.2. The third-order valence-electron chi connectivity index (χ3n) is 2.57. The Morgan fingerprint density at radius 1 is 1.41 bits per heavy atom. The van der Waals surface area contributed by atoms with Crippen LogP contribution < -0.4 is 11.3 Å². The van der Waals surface area contributed by atoms with Crippen molar-refractivity contribution in [3.05, 3.63) is 34.1 Å². The minimum absolute atomic E-state index is 0.146. The van der Waals surface area contributed by atoms with Gasteiger partial charge < -0.3 is 0 Å². The van der Waals surface area contributed by atoms with Crippen molar-refractivity contribution in [2.24, 2.45) is 11.3 Å². The molecular weight excluding hydrogens is 283 g/mol. The standard InChI is InChI=1S/C13H20BrFN2/c1-13(2,3)8-11(17-16)7-9-6-10(15)4-5-12(9)14/h4-6,11,17H,7-8,16H2,1-3H3. The lowest BCUT2D eigenvalue weighted by molar-refractivity contribution is 0.308. The number of benzene rings is 1. The van der Waals surface area contributed by atoms with E-state index in [0.717, 1.165) is 16.5 Å². The van der Waals surface area contributed by atoms with Gasteiger partial charge in [-0.05, 0) is 42.0 Å². The van der Waals surface area contributed by atoms with E-state index in [2.05, 4.69) is 42.1 Å². The third kappa shape index (κ3) is 5.15. The number of halogens is 2. The Balaban J connectivity index is 2.77. The molecule has 1 unspecified atom stereocenters. The first kappa shape index (κ1) is 14.6. The van der Waals surface area contributed by atoms with Gasteiger partial charge in [-0.2, -0.15) is 0 Å². The Kier molecular flexibility index (Phi) is 5.10. The molecule has 96 valence electrons. The van der Waals surface area contributed by atoms with Gasteiger partial charge >= 0.3 is 0 Å². The molecule has 0 aliphatic heterocycles. The van der Waals surface area contributed by atoms with Crippen LogP contribution in [0.2, 0.25) is 0 Å². The van der Waals surface area contributed by atoms with Gasteiger partial charge in [-0.1, -0.05) is 36.7 Å². The number of hydrogen-bond acceptors (Lipinski definition) is 2. The summed E-state index contributed by atoms with van der Waals surface area (Å²) in [6.07, 6.45) is 1.65. The van der Waals surface area contributed by atoms with Gasteiger partial charge in [-0.25, -0.2) is 4.39 Å². The van der Waals surface area contributed by atoms with E-state index in [4.69, 9.17) is 5.84 Å². The fourth-order valence-corrected chi connectivity index (χ4v) is 2.30. The average Bonchev–Trinajstić information content (AvgIpc) is 2.20. The van der Waals surface area contributed by atoms with Crippen LogP contribution in [0.4, 0.5) is 4.39 Å². The first-order valence-corrected chi connectivity index (χ1v) is 6.51. The second-order valence-electron chi connectivity index (χ2n) is 5.57. The minimum atomic E-state index is -0.213. The first-order chi connectivity index (χ1) is 7.81. The number of rotatable bonds is 4. The van der Waals surface area contributed by atoms with Crippen LogP contribution in [0.15, 0.2) is 22.7 Å². The molecule has 0 radical (unpaired) electrons. The summed E-state index contributed by atoms with van der Waals surface area (Å²) in [4.78, 5) is 0. The van der Waals surface area contributed by atoms with Crippen LogP contribution in [-0.2, 0) is 6.42 Å². The van der Waals surface area contributed by atoms with E-state index in [1.165, 1.54) is 6.07 Å². The maximum Gasteiger partial charge on any atom is 0.123 e. The number of nitrogens with one attached hydrogen (secondary N) is 1. The van der Waals surface area contributed by atoms with E-state index >= 15 is 0 Å². The zero-order valence-electron chi connectivity index (χ0n) is 10.6. The molecule has 0 amide bonds. The molecule has 0 aromatic heterocycles. The molecule has 0 bridgehead atoms. The molecule has 0 saturated heterocycles. The Hall–Kier alpha value is -0.450. The summed E-state index contributed by atoms with van der Waals surface area (Å²) in [5.41, 5.74) is 3.94. The average molecular weight is 303 g/mol. The third-order valence-corrected chi connectivity index (χ3v) is 3.34. The van der Waals surface area contributed by atoms with Crippen molar-refractivity contribution in [1.82, 2.24) is 5.43 Å². The topological polar surface area (TPSA) is 38.0 Å². The molecule has 1 aromatic carbocycles. The molecule has 0 heterocycles. The zero-order chi connectivity index (χ0) is 13.1. The van der Waals surface area contributed by atoms with Crippen molar-refractivity contribution in [3.63, 3.8) is 0 Å². The molecule has 4 heteroatoms. The fourth-order valence-electron chi connectivity index (χ4n) is 1.89. The molecule has 17 heavy (non-hydrogen) atoms. The summed E-state index contributed by atoms with van der Waals surface area (Å²) in [7, 11) is 0. The normalized spacial score (nSPS) is 13.8. The van der Waals surface area contributed by atoms with Gasteiger partial charge in [0.15, 0.2) is 0 Å². The van der Waals surface area contributed by atoms with Gasteiger partial charge in [0.1, 0.15) is 5.82 Å². The van der Waals surface area contributed by atoms with E-state index < -0.39 is 0 Å². The predicted molar refractivity (Wildman–Crippen MR) is 73.0 cm³/mol. The minimum Gasteiger partial charge on any atom is -0.271 e. The molecule has 0 spiro atoms. The van der Waals surface area contributed by atoms with Crippen LogP contribution >= 0.6 is 15.9 Å².